The Morgan fingerprint density at radius 3 is 2.90 bits per heavy atom. The molecule has 0 bridgehead atoms. The highest BCUT2D eigenvalue weighted by atomic mass is 16.5. The highest BCUT2D eigenvalue weighted by Crippen LogP contribution is 2.44. The minimum Gasteiger partial charge on any atom is -0.497 e. The molecule has 110 valence electrons. The van der Waals surface area contributed by atoms with Crippen LogP contribution in [0.3, 0.4) is 0 Å². The number of benzene rings is 1. The van der Waals surface area contributed by atoms with E-state index in [2.05, 4.69) is 18.7 Å². The molecule has 1 saturated heterocycles. The third kappa shape index (κ3) is 2.27. The van der Waals surface area contributed by atoms with Crippen LogP contribution in [0, 0.1) is 0 Å². The summed E-state index contributed by atoms with van der Waals surface area (Å²) in [5.74, 6) is 1.77. The Balaban J connectivity index is 1.86. The summed E-state index contributed by atoms with van der Waals surface area (Å²) in [5, 5.41) is 0. The van der Waals surface area contributed by atoms with Gasteiger partial charge in [0.1, 0.15) is 17.1 Å². The third-order valence-corrected chi connectivity index (χ3v) is 4.61. The van der Waals surface area contributed by atoms with Crippen LogP contribution >= 0.6 is 0 Å². The van der Waals surface area contributed by atoms with Crippen molar-refractivity contribution >= 4 is 0 Å². The van der Waals surface area contributed by atoms with Crippen molar-refractivity contribution in [2.24, 2.45) is 5.73 Å². The molecule has 1 aromatic rings. The first kappa shape index (κ1) is 13.7. The Bertz CT molecular complexity index is 503. The number of ether oxygens (including phenoxy) is 2. The van der Waals surface area contributed by atoms with E-state index in [1.54, 1.807) is 7.11 Å². The largest absolute Gasteiger partial charge is 0.497 e. The molecule has 2 atom stereocenters. The lowest BCUT2D eigenvalue weighted by Crippen LogP contribution is -2.46. The number of nitrogens with two attached hydrogens (primary N) is 1. The fourth-order valence-electron chi connectivity index (χ4n) is 3.39. The van der Waals surface area contributed by atoms with Crippen LogP contribution in [-0.2, 0) is 0 Å². The fourth-order valence-corrected chi connectivity index (χ4v) is 3.39. The minimum atomic E-state index is -0.106. The van der Waals surface area contributed by atoms with Crippen molar-refractivity contribution in [1.29, 1.82) is 0 Å². The van der Waals surface area contributed by atoms with Crippen molar-refractivity contribution in [1.82, 2.24) is 4.90 Å². The van der Waals surface area contributed by atoms with Crippen LogP contribution in [0.5, 0.6) is 11.5 Å². The van der Waals surface area contributed by atoms with Gasteiger partial charge in [-0.2, -0.15) is 0 Å². The average Bonchev–Trinajstić information content (AvgIpc) is 2.82. The number of likely N-dealkylation sites (tertiary alicyclic amines) is 1. The molecule has 1 unspecified atom stereocenters. The van der Waals surface area contributed by atoms with Crippen molar-refractivity contribution in [3.05, 3.63) is 23.8 Å². The van der Waals surface area contributed by atoms with E-state index in [0.717, 1.165) is 43.0 Å². The Morgan fingerprint density at radius 1 is 1.45 bits per heavy atom. The molecular weight excluding hydrogens is 252 g/mol. The Morgan fingerprint density at radius 2 is 2.25 bits per heavy atom. The molecule has 0 saturated carbocycles. The molecule has 4 nitrogen and oxygen atoms in total. The molecule has 2 aliphatic heterocycles. The molecule has 0 aliphatic carbocycles. The number of fused-ring (bicyclic) bond motifs is 1. The second-order valence-electron chi connectivity index (χ2n) is 6.31. The summed E-state index contributed by atoms with van der Waals surface area (Å²) in [4.78, 5) is 2.47. The van der Waals surface area contributed by atoms with Gasteiger partial charge in [0.25, 0.3) is 0 Å². The third-order valence-electron chi connectivity index (χ3n) is 4.61. The summed E-state index contributed by atoms with van der Waals surface area (Å²) in [7, 11) is 1.68. The number of rotatable bonds is 2. The molecule has 0 amide bonds. The molecule has 0 radical (unpaired) electrons. The zero-order valence-electron chi connectivity index (χ0n) is 12.6. The van der Waals surface area contributed by atoms with E-state index in [0.29, 0.717) is 6.04 Å². The predicted octanol–water partition coefficient (Wildman–Crippen LogP) is 2.33. The molecule has 3 rings (SSSR count). The monoisotopic (exact) mass is 276 g/mol. The van der Waals surface area contributed by atoms with Crippen LogP contribution in [0.25, 0.3) is 0 Å². The summed E-state index contributed by atoms with van der Waals surface area (Å²) in [5.41, 5.74) is 7.35. The summed E-state index contributed by atoms with van der Waals surface area (Å²) < 4.78 is 11.6. The SMILES string of the molecule is COc1ccc2c(c1)[C@@H](N)CC1(CCN(C(C)C)C1)O2. The van der Waals surface area contributed by atoms with Gasteiger partial charge >= 0.3 is 0 Å². The summed E-state index contributed by atoms with van der Waals surface area (Å²) >= 11 is 0. The second-order valence-corrected chi connectivity index (χ2v) is 6.31. The molecule has 2 aliphatic rings. The predicted molar refractivity (Wildman–Crippen MR) is 79.2 cm³/mol. The quantitative estimate of drug-likeness (QED) is 0.900. The van der Waals surface area contributed by atoms with Gasteiger partial charge in [0.05, 0.1) is 7.11 Å². The van der Waals surface area contributed by atoms with Crippen LogP contribution in [0.1, 0.15) is 38.3 Å². The summed E-state index contributed by atoms with van der Waals surface area (Å²) in [6, 6.07) is 6.53. The van der Waals surface area contributed by atoms with Gasteiger partial charge in [-0.3, -0.25) is 4.90 Å². The maximum Gasteiger partial charge on any atom is 0.125 e. The first-order valence-corrected chi connectivity index (χ1v) is 7.39. The van der Waals surface area contributed by atoms with E-state index in [9.17, 15) is 0 Å². The van der Waals surface area contributed by atoms with Gasteiger partial charge in [0.15, 0.2) is 0 Å². The fraction of sp³-hybridized carbons (Fsp3) is 0.625. The van der Waals surface area contributed by atoms with Gasteiger partial charge in [0.2, 0.25) is 0 Å². The highest BCUT2D eigenvalue weighted by Gasteiger charge is 2.45. The van der Waals surface area contributed by atoms with E-state index in [1.165, 1.54) is 0 Å². The van der Waals surface area contributed by atoms with Crippen LogP contribution in [0.15, 0.2) is 18.2 Å². The maximum atomic E-state index is 6.39. The van der Waals surface area contributed by atoms with E-state index in [1.807, 2.05) is 18.2 Å². The molecule has 0 aromatic heterocycles. The van der Waals surface area contributed by atoms with Crippen molar-refractivity contribution < 1.29 is 9.47 Å². The van der Waals surface area contributed by atoms with Crippen molar-refractivity contribution in [3.63, 3.8) is 0 Å². The lowest BCUT2D eigenvalue weighted by Gasteiger charge is -2.39. The molecule has 1 fully saturated rings. The van der Waals surface area contributed by atoms with Gasteiger partial charge in [-0.25, -0.2) is 0 Å². The van der Waals surface area contributed by atoms with Crippen LogP contribution in [0.4, 0.5) is 0 Å². The lowest BCUT2D eigenvalue weighted by molar-refractivity contribution is 0.0408. The van der Waals surface area contributed by atoms with E-state index in [-0.39, 0.29) is 11.6 Å². The standard InChI is InChI=1S/C16H24N2O2/c1-11(2)18-7-6-16(10-18)9-14(17)13-8-12(19-3)4-5-15(13)20-16/h4-5,8,11,14H,6-7,9-10,17H2,1-3H3/t14-,16?/m0/s1. The minimum absolute atomic E-state index is 0.0287. The Labute approximate surface area is 120 Å². The Kier molecular flexibility index (Phi) is 3.38. The molecule has 4 heteroatoms. The molecule has 1 spiro atoms. The summed E-state index contributed by atoms with van der Waals surface area (Å²) in [6.45, 7) is 6.54. The molecule has 2 heterocycles. The first-order chi connectivity index (χ1) is 9.53. The van der Waals surface area contributed by atoms with Crippen molar-refractivity contribution in [2.75, 3.05) is 20.2 Å². The topological polar surface area (TPSA) is 47.7 Å². The first-order valence-electron chi connectivity index (χ1n) is 7.39. The average molecular weight is 276 g/mol. The number of hydrogen-bond acceptors (Lipinski definition) is 4. The molecule has 2 N–H and O–H groups in total. The number of methoxy groups -OCH3 is 1. The summed E-state index contributed by atoms with van der Waals surface area (Å²) in [6.07, 6.45) is 1.95. The zero-order chi connectivity index (χ0) is 14.3. The second kappa shape index (κ2) is 4.93. The smallest absolute Gasteiger partial charge is 0.125 e. The van der Waals surface area contributed by atoms with E-state index < -0.39 is 0 Å². The maximum absolute atomic E-state index is 6.39. The van der Waals surface area contributed by atoms with Crippen LogP contribution < -0.4 is 15.2 Å². The zero-order valence-corrected chi connectivity index (χ0v) is 12.6. The van der Waals surface area contributed by atoms with E-state index in [4.69, 9.17) is 15.2 Å². The normalized spacial score (nSPS) is 29.6. The number of hydrogen-bond donors (Lipinski definition) is 1. The van der Waals surface area contributed by atoms with Gasteiger partial charge < -0.3 is 15.2 Å². The lowest BCUT2D eigenvalue weighted by atomic mass is 9.87. The van der Waals surface area contributed by atoms with Gasteiger partial charge in [-0.05, 0) is 32.0 Å². The molecular formula is C16H24N2O2. The molecule has 20 heavy (non-hydrogen) atoms. The number of nitrogens with zero attached hydrogens (tertiary/aromatic N) is 1. The van der Waals surface area contributed by atoms with Crippen molar-refractivity contribution in [3.8, 4) is 11.5 Å². The van der Waals surface area contributed by atoms with Crippen LogP contribution in [-0.4, -0.2) is 36.7 Å². The molecule has 1 aromatic carbocycles. The van der Waals surface area contributed by atoms with E-state index >= 15 is 0 Å². The highest BCUT2D eigenvalue weighted by molar-refractivity contribution is 5.44. The van der Waals surface area contributed by atoms with Gasteiger partial charge in [0, 0.05) is 43.6 Å². The van der Waals surface area contributed by atoms with Crippen molar-refractivity contribution in [2.45, 2.75) is 44.4 Å². The van der Waals surface area contributed by atoms with Gasteiger partial charge in [-0.15, -0.1) is 0 Å². The van der Waals surface area contributed by atoms with Crippen LogP contribution in [0.2, 0.25) is 0 Å². The Hall–Kier alpha value is -1.26. The van der Waals surface area contributed by atoms with Gasteiger partial charge in [-0.1, -0.05) is 0 Å².